The lowest BCUT2D eigenvalue weighted by Crippen LogP contribution is -2.26. The van der Waals surface area contributed by atoms with Crippen LogP contribution in [0.3, 0.4) is 0 Å². The molecule has 1 rings (SSSR count). The normalized spacial score (nSPS) is 11.1. The van der Waals surface area contributed by atoms with Crippen molar-refractivity contribution >= 4 is 11.9 Å². The molecule has 16 heavy (non-hydrogen) atoms. The van der Waals surface area contributed by atoms with Crippen molar-refractivity contribution in [2.45, 2.75) is 25.7 Å². The number of carboxylic acid groups (broad SMARTS) is 1. The molecular weight excluding hydrogens is 206 g/mol. The van der Waals surface area contributed by atoms with Gasteiger partial charge in [0.15, 0.2) is 0 Å². The molecule has 0 spiro atoms. The smallest absolute Gasteiger partial charge is 0.335 e. The molecule has 4 heteroatoms. The van der Waals surface area contributed by atoms with Gasteiger partial charge in [-0.1, -0.05) is 26.0 Å². The molecule has 0 heterocycles. The number of hydrogen-bond donors (Lipinski definition) is 2. The van der Waals surface area contributed by atoms with Crippen molar-refractivity contribution in [1.82, 2.24) is 0 Å². The molecule has 0 saturated heterocycles. The average molecular weight is 221 g/mol. The maximum absolute atomic E-state index is 10.9. The molecule has 0 aliphatic heterocycles. The summed E-state index contributed by atoms with van der Waals surface area (Å²) < 4.78 is 0. The number of carbonyl (C=O) groups is 2. The van der Waals surface area contributed by atoms with Crippen LogP contribution in [0.15, 0.2) is 24.3 Å². The second kappa shape index (κ2) is 4.35. The fourth-order valence-electron chi connectivity index (χ4n) is 1.60. The first-order valence-electron chi connectivity index (χ1n) is 4.95. The Balaban J connectivity index is 2.96. The van der Waals surface area contributed by atoms with Gasteiger partial charge in [-0.15, -0.1) is 0 Å². The summed E-state index contributed by atoms with van der Waals surface area (Å²) in [5, 5.41) is 8.75. The Labute approximate surface area is 94.1 Å². The fraction of sp³-hybridized carbons (Fsp3) is 0.333. The van der Waals surface area contributed by atoms with E-state index in [-0.39, 0.29) is 23.3 Å². The monoisotopic (exact) mass is 221 g/mol. The van der Waals surface area contributed by atoms with Crippen molar-refractivity contribution in [3.63, 3.8) is 0 Å². The van der Waals surface area contributed by atoms with Crippen LogP contribution in [0.4, 0.5) is 0 Å². The van der Waals surface area contributed by atoms with Gasteiger partial charge < -0.3 is 10.8 Å². The zero-order valence-corrected chi connectivity index (χ0v) is 9.36. The van der Waals surface area contributed by atoms with Crippen molar-refractivity contribution in [2.75, 3.05) is 0 Å². The summed E-state index contributed by atoms with van der Waals surface area (Å²) in [5.74, 6) is -1.33. The Bertz CT molecular complexity index is 407. The van der Waals surface area contributed by atoms with Crippen molar-refractivity contribution in [2.24, 2.45) is 5.73 Å². The molecule has 0 bridgehead atoms. The minimum Gasteiger partial charge on any atom is -0.478 e. The van der Waals surface area contributed by atoms with Gasteiger partial charge in [-0.3, -0.25) is 4.79 Å². The van der Waals surface area contributed by atoms with Gasteiger partial charge in [0.05, 0.1) is 5.56 Å². The van der Waals surface area contributed by atoms with Gasteiger partial charge in [-0.2, -0.15) is 0 Å². The summed E-state index contributed by atoms with van der Waals surface area (Å²) in [6, 6.07) is 6.49. The number of primary amides is 1. The number of nitrogens with two attached hydrogens (primary N) is 1. The predicted molar refractivity (Wildman–Crippen MR) is 60.2 cm³/mol. The molecule has 0 fully saturated rings. The summed E-state index contributed by atoms with van der Waals surface area (Å²) in [7, 11) is 0. The summed E-state index contributed by atoms with van der Waals surface area (Å²) in [6.07, 6.45) is 0.236. The SMILES string of the molecule is CC(C)(CC(N)=O)c1ccc(C(=O)O)cc1. The van der Waals surface area contributed by atoms with Crippen molar-refractivity contribution in [1.29, 1.82) is 0 Å². The molecule has 1 amide bonds. The van der Waals surface area contributed by atoms with Crippen molar-refractivity contribution in [3.05, 3.63) is 35.4 Å². The number of aromatic carboxylic acids is 1. The Kier molecular flexibility index (Phi) is 3.32. The van der Waals surface area contributed by atoms with Crippen LogP contribution in [0.5, 0.6) is 0 Å². The first-order valence-corrected chi connectivity index (χ1v) is 4.95. The highest BCUT2D eigenvalue weighted by Crippen LogP contribution is 2.26. The van der Waals surface area contributed by atoms with Gasteiger partial charge >= 0.3 is 5.97 Å². The van der Waals surface area contributed by atoms with Crippen LogP contribution < -0.4 is 5.73 Å². The molecule has 0 atom stereocenters. The van der Waals surface area contributed by atoms with Gasteiger partial charge in [0.1, 0.15) is 0 Å². The van der Waals surface area contributed by atoms with Gasteiger partial charge in [-0.25, -0.2) is 4.79 Å². The largest absolute Gasteiger partial charge is 0.478 e. The first-order chi connectivity index (χ1) is 7.33. The third-order valence-corrected chi connectivity index (χ3v) is 2.53. The highest BCUT2D eigenvalue weighted by Gasteiger charge is 2.23. The minimum atomic E-state index is -0.959. The zero-order chi connectivity index (χ0) is 12.3. The topological polar surface area (TPSA) is 80.4 Å². The standard InChI is InChI=1S/C12H15NO3/c1-12(2,7-10(13)14)9-5-3-8(4-6-9)11(15)16/h3-6H,7H2,1-2H3,(H2,13,14)(H,15,16). The third kappa shape index (κ3) is 2.82. The number of benzene rings is 1. The third-order valence-electron chi connectivity index (χ3n) is 2.53. The van der Waals surface area contributed by atoms with E-state index in [1.807, 2.05) is 13.8 Å². The van der Waals surface area contributed by atoms with E-state index < -0.39 is 5.97 Å². The van der Waals surface area contributed by atoms with Crippen LogP contribution in [0.25, 0.3) is 0 Å². The predicted octanol–water partition coefficient (Wildman–Crippen LogP) is 1.54. The maximum atomic E-state index is 10.9. The Hall–Kier alpha value is -1.84. The van der Waals surface area contributed by atoms with Crippen LogP contribution in [-0.4, -0.2) is 17.0 Å². The van der Waals surface area contributed by atoms with E-state index >= 15 is 0 Å². The van der Waals surface area contributed by atoms with E-state index in [1.54, 1.807) is 12.1 Å². The van der Waals surface area contributed by atoms with E-state index in [9.17, 15) is 9.59 Å². The summed E-state index contributed by atoms with van der Waals surface area (Å²) in [4.78, 5) is 21.6. The van der Waals surface area contributed by atoms with Crippen LogP contribution >= 0.6 is 0 Å². The molecule has 1 aromatic carbocycles. The van der Waals surface area contributed by atoms with Gasteiger partial charge in [-0.05, 0) is 23.1 Å². The van der Waals surface area contributed by atoms with E-state index in [0.29, 0.717) is 0 Å². The number of rotatable bonds is 4. The maximum Gasteiger partial charge on any atom is 0.335 e. The molecule has 4 nitrogen and oxygen atoms in total. The molecule has 0 aliphatic rings. The second-order valence-electron chi connectivity index (χ2n) is 4.41. The quantitative estimate of drug-likeness (QED) is 0.809. The molecule has 0 unspecified atom stereocenters. The molecule has 86 valence electrons. The lowest BCUT2D eigenvalue weighted by Gasteiger charge is -2.23. The number of amides is 1. The van der Waals surface area contributed by atoms with Crippen molar-refractivity contribution < 1.29 is 14.7 Å². The molecular formula is C12H15NO3. The highest BCUT2D eigenvalue weighted by atomic mass is 16.4. The van der Waals surface area contributed by atoms with Crippen LogP contribution in [0.1, 0.15) is 36.2 Å². The number of carbonyl (C=O) groups excluding carboxylic acids is 1. The van der Waals surface area contributed by atoms with Crippen LogP contribution in [-0.2, 0) is 10.2 Å². The fourth-order valence-corrected chi connectivity index (χ4v) is 1.60. The van der Waals surface area contributed by atoms with Gasteiger partial charge in [0.25, 0.3) is 0 Å². The minimum absolute atomic E-state index is 0.235. The molecule has 3 N–H and O–H groups in total. The summed E-state index contributed by atoms with van der Waals surface area (Å²) in [6.45, 7) is 3.79. The summed E-state index contributed by atoms with van der Waals surface area (Å²) >= 11 is 0. The van der Waals surface area contributed by atoms with E-state index in [4.69, 9.17) is 10.8 Å². The first kappa shape index (κ1) is 12.2. The molecule has 1 aromatic rings. The highest BCUT2D eigenvalue weighted by molar-refractivity contribution is 5.87. The Morgan fingerprint density at radius 2 is 1.75 bits per heavy atom. The van der Waals surface area contributed by atoms with Gasteiger partial charge in [0.2, 0.25) is 5.91 Å². The Morgan fingerprint density at radius 1 is 1.25 bits per heavy atom. The van der Waals surface area contributed by atoms with Crippen LogP contribution in [0.2, 0.25) is 0 Å². The molecule has 0 aromatic heterocycles. The second-order valence-corrected chi connectivity index (χ2v) is 4.41. The lowest BCUT2D eigenvalue weighted by atomic mass is 9.81. The van der Waals surface area contributed by atoms with Crippen LogP contribution in [0, 0.1) is 0 Å². The number of hydrogen-bond acceptors (Lipinski definition) is 2. The summed E-state index contributed by atoms with van der Waals surface area (Å²) in [5.41, 5.74) is 5.92. The molecule has 0 saturated carbocycles. The number of carboxylic acids is 1. The Morgan fingerprint density at radius 3 is 2.12 bits per heavy atom. The average Bonchev–Trinajstić information content (AvgIpc) is 2.16. The van der Waals surface area contributed by atoms with Crippen molar-refractivity contribution in [3.8, 4) is 0 Å². The van der Waals surface area contributed by atoms with Gasteiger partial charge in [0, 0.05) is 6.42 Å². The molecule has 0 aliphatic carbocycles. The zero-order valence-electron chi connectivity index (χ0n) is 9.36. The van der Waals surface area contributed by atoms with E-state index in [0.717, 1.165) is 5.56 Å². The van der Waals surface area contributed by atoms with E-state index in [2.05, 4.69) is 0 Å². The van der Waals surface area contributed by atoms with E-state index in [1.165, 1.54) is 12.1 Å². The molecule has 0 radical (unpaired) electrons. The lowest BCUT2D eigenvalue weighted by molar-refractivity contribution is -0.119.